The highest BCUT2D eigenvalue weighted by Crippen LogP contribution is 2.44. The van der Waals surface area contributed by atoms with Crippen LogP contribution in [-0.2, 0) is 15.7 Å². The molecule has 3 unspecified atom stereocenters. The van der Waals surface area contributed by atoms with E-state index in [-0.39, 0.29) is 5.56 Å². The normalized spacial score (nSPS) is 26.4. The molecule has 0 saturated carbocycles. The number of nitrogens with one attached hydrogen (secondary N) is 1. The molecule has 0 amide bonds. The maximum absolute atomic E-state index is 13.4. The van der Waals surface area contributed by atoms with Crippen LogP contribution in [0.3, 0.4) is 0 Å². The molecule has 6 nitrogen and oxygen atoms in total. The van der Waals surface area contributed by atoms with Crippen LogP contribution in [0.25, 0.3) is 0 Å². The predicted molar refractivity (Wildman–Crippen MR) is 82.3 cm³/mol. The van der Waals surface area contributed by atoms with E-state index in [0.717, 1.165) is 19.2 Å². The van der Waals surface area contributed by atoms with Crippen molar-refractivity contribution in [2.24, 2.45) is 0 Å². The minimum Gasteiger partial charge on any atom is -0.464 e. The first-order valence-electron chi connectivity index (χ1n) is 7.40. The monoisotopic (exact) mass is 358 g/mol. The highest BCUT2D eigenvalue weighted by molar-refractivity contribution is 5.83. The van der Waals surface area contributed by atoms with Crippen LogP contribution in [0.1, 0.15) is 30.9 Å². The van der Waals surface area contributed by atoms with Crippen LogP contribution in [0.5, 0.6) is 0 Å². The molecule has 1 N–H and O–H groups in total. The standard InChI is InChI=1S/C16H17F3N2O4/c1-9-8-13(11-6-4-5-7-12(11)16(17,18)19)15(21(23)24,10(2)20-9)14(22)25-3/h4-8,10,13,20H,1-3H3. The number of carbonyl (C=O) groups is 1. The summed E-state index contributed by atoms with van der Waals surface area (Å²) < 4.78 is 44.8. The number of hydrogen-bond donors (Lipinski definition) is 1. The highest BCUT2D eigenvalue weighted by Gasteiger charge is 2.65. The van der Waals surface area contributed by atoms with Crippen LogP contribution >= 0.6 is 0 Å². The van der Waals surface area contributed by atoms with E-state index in [2.05, 4.69) is 10.1 Å². The molecule has 0 spiro atoms. The van der Waals surface area contributed by atoms with Crippen LogP contribution in [0.15, 0.2) is 36.0 Å². The van der Waals surface area contributed by atoms with Crippen molar-refractivity contribution in [1.29, 1.82) is 0 Å². The van der Waals surface area contributed by atoms with E-state index < -0.39 is 40.1 Å². The quantitative estimate of drug-likeness (QED) is 0.510. The first kappa shape index (κ1) is 18.8. The van der Waals surface area contributed by atoms with Gasteiger partial charge in [0, 0.05) is 10.6 Å². The molecule has 1 aromatic rings. The van der Waals surface area contributed by atoms with E-state index in [4.69, 9.17) is 0 Å². The van der Waals surface area contributed by atoms with Gasteiger partial charge in [0.1, 0.15) is 6.04 Å². The van der Waals surface area contributed by atoms with Crippen LogP contribution < -0.4 is 5.32 Å². The lowest BCUT2D eigenvalue weighted by molar-refractivity contribution is -0.563. The molecule has 3 atom stereocenters. The number of rotatable bonds is 3. The molecule has 1 aromatic carbocycles. The minimum atomic E-state index is -4.72. The molecule has 136 valence electrons. The molecule has 9 heteroatoms. The summed E-state index contributed by atoms with van der Waals surface area (Å²) >= 11 is 0. The molecule has 1 aliphatic rings. The molecule has 0 radical (unpaired) electrons. The third kappa shape index (κ3) is 2.94. The van der Waals surface area contributed by atoms with Gasteiger partial charge in [-0.2, -0.15) is 13.2 Å². The molecule has 1 heterocycles. The maximum atomic E-state index is 13.4. The zero-order valence-electron chi connectivity index (χ0n) is 13.8. The summed E-state index contributed by atoms with van der Waals surface area (Å²) in [5.41, 5.74) is -3.34. The largest absolute Gasteiger partial charge is 0.464 e. The fourth-order valence-corrected chi connectivity index (χ4v) is 3.31. The third-order valence-electron chi connectivity index (χ3n) is 4.41. The Kier molecular flexibility index (Phi) is 4.79. The molecular weight excluding hydrogens is 341 g/mol. The Morgan fingerprint density at radius 3 is 2.48 bits per heavy atom. The lowest BCUT2D eigenvalue weighted by Crippen LogP contribution is -2.65. The number of hydrogen-bond acceptors (Lipinski definition) is 5. The van der Waals surface area contributed by atoms with Crippen molar-refractivity contribution in [3.63, 3.8) is 0 Å². The van der Waals surface area contributed by atoms with Crippen LogP contribution in [0.2, 0.25) is 0 Å². The van der Waals surface area contributed by atoms with E-state index in [9.17, 15) is 28.1 Å². The van der Waals surface area contributed by atoms with Crippen molar-refractivity contribution < 1.29 is 27.6 Å². The molecule has 0 saturated heterocycles. The first-order valence-corrected chi connectivity index (χ1v) is 7.40. The number of nitro groups is 1. The Labute approximate surface area is 141 Å². The molecule has 0 fully saturated rings. The van der Waals surface area contributed by atoms with E-state index in [1.54, 1.807) is 6.92 Å². The van der Waals surface area contributed by atoms with Gasteiger partial charge in [0.05, 0.1) is 18.6 Å². The molecule has 1 aliphatic heterocycles. The number of esters is 1. The average Bonchev–Trinajstić information content (AvgIpc) is 2.52. The molecular formula is C16H17F3N2O4. The van der Waals surface area contributed by atoms with Crippen molar-refractivity contribution in [2.45, 2.75) is 37.5 Å². The van der Waals surface area contributed by atoms with Gasteiger partial charge in [-0.1, -0.05) is 24.3 Å². The minimum absolute atomic E-state index is 0.343. The Morgan fingerprint density at radius 2 is 1.96 bits per heavy atom. The summed E-state index contributed by atoms with van der Waals surface area (Å²) in [5.74, 6) is -2.65. The van der Waals surface area contributed by atoms with Crippen molar-refractivity contribution in [3.05, 3.63) is 57.3 Å². The number of methoxy groups -OCH3 is 1. The lowest BCUT2D eigenvalue weighted by Gasteiger charge is -2.39. The summed E-state index contributed by atoms with van der Waals surface area (Å²) in [6, 6.07) is 3.46. The summed E-state index contributed by atoms with van der Waals surface area (Å²) in [7, 11) is 0.970. The number of benzene rings is 1. The fourth-order valence-electron chi connectivity index (χ4n) is 3.31. The summed E-state index contributed by atoms with van der Waals surface area (Å²) in [6.45, 7) is 2.94. The molecule has 0 bridgehead atoms. The van der Waals surface area contributed by atoms with Crippen molar-refractivity contribution in [1.82, 2.24) is 5.32 Å². The van der Waals surface area contributed by atoms with Crippen LogP contribution in [0.4, 0.5) is 13.2 Å². The van der Waals surface area contributed by atoms with Crippen LogP contribution in [0, 0.1) is 10.1 Å². The predicted octanol–water partition coefficient (Wildman–Crippen LogP) is 2.87. The zero-order valence-corrected chi connectivity index (χ0v) is 13.8. The highest BCUT2D eigenvalue weighted by atomic mass is 19.4. The van der Waals surface area contributed by atoms with Gasteiger partial charge in [-0.25, -0.2) is 4.79 Å². The number of ether oxygens (including phenoxy) is 1. The third-order valence-corrected chi connectivity index (χ3v) is 4.41. The molecule has 25 heavy (non-hydrogen) atoms. The summed E-state index contributed by atoms with van der Waals surface area (Å²) in [4.78, 5) is 23.4. The molecule has 0 aliphatic carbocycles. The smallest absolute Gasteiger partial charge is 0.416 e. The van der Waals surface area contributed by atoms with Gasteiger partial charge in [0.25, 0.3) is 0 Å². The van der Waals surface area contributed by atoms with Gasteiger partial charge >= 0.3 is 17.7 Å². The van der Waals surface area contributed by atoms with Gasteiger partial charge in [0.15, 0.2) is 0 Å². The second kappa shape index (κ2) is 6.38. The second-order valence-electron chi connectivity index (χ2n) is 5.85. The fraction of sp³-hybridized carbons (Fsp3) is 0.438. The second-order valence-corrected chi connectivity index (χ2v) is 5.85. The Bertz CT molecular complexity index is 732. The number of alkyl halides is 3. The SMILES string of the molecule is COC(=O)C1([N+](=O)[O-])C(C)NC(C)=CC1c1ccccc1C(F)(F)F. The van der Waals surface area contributed by atoms with Crippen molar-refractivity contribution >= 4 is 5.97 Å². The summed E-state index contributed by atoms with van der Waals surface area (Å²) in [5, 5.41) is 14.7. The number of nitrogens with zero attached hydrogens (tertiary/aromatic N) is 1. The van der Waals surface area contributed by atoms with Crippen molar-refractivity contribution in [2.75, 3.05) is 7.11 Å². The van der Waals surface area contributed by atoms with Crippen LogP contribution in [-0.4, -0.2) is 29.6 Å². The van der Waals surface area contributed by atoms with E-state index in [1.165, 1.54) is 25.1 Å². The van der Waals surface area contributed by atoms with E-state index >= 15 is 0 Å². The van der Waals surface area contributed by atoms with E-state index in [1.807, 2.05) is 0 Å². The number of halogens is 3. The Balaban J connectivity index is 2.82. The number of carbonyl (C=O) groups excluding carboxylic acids is 1. The summed E-state index contributed by atoms with van der Waals surface area (Å²) in [6.07, 6.45) is -3.45. The van der Waals surface area contributed by atoms with Crippen molar-refractivity contribution in [3.8, 4) is 0 Å². The Hall–Kier alpha value is -2.58. The topological polar surface area (TPSA) is 81.5 Å². The zero-order chi connectivity index (χ0) is 19.0. The van der Waals surface area contributed by atoms with Gasteiger partial charge in [-0.05, 0) is 25.5 Å². The Morgan fingerprint density at radius 1 is 1.36 bits per heavy atom. The molecule has 0 aromatic heterocycles. The average molecular weight is 358 g/mol. The van der Waals surface area contributed by atoms with E-state index in [0.29, 0.717) is 5.70 Å². The first-order chi connectivity index (χ1) is 11.6. The number of allylic oxidation sites excluding steroid dienone is 1. The van der Waals surface area contributed by atoms with Gasteiger partial charge in [-0.3, -0.25) is 10.1 Å². The molecule has 2 rings (SSSR count). The van der Waals surface area contributed by atoms with Gasteiger partial charge < -0.3 is 10.1 Å². The van der Waals surface area contributed by atoms with Gasteiger partial charge in [0.2, 0.25) is 0 Å². The maximum Gasteiger partial charge on any atom is 0.416 e. The lowest BCUT2D eigenvalue weighted by atomic mass is 9.71. The van der Waals surface area contributed by atoms with Gasteiger partial charge in [-0.15, -0.1) is 0 Å².